The van der Waals surface area contributed by atoms with Gasteiger partial charge in [-0.25, -0.2) is 0 Å². The molecule has 2 amide bonds. The lowest BCUT2D eigenvalue weighted by Gasteiger charge is -2.23. The predicted molar refractivity (Wildman–Crippen MR) is 128 cm³/mol. The number of rotatable bonds is 5. The van der Waals surface area contributed by atoms with E-state index >= 15 is 0 Å². The van der Waals surface area contributed by atoms with Crippen molar-refractivity contribution in [3.63, 3.8) is 0 Å². The number of carbonyl (C=O) groups excluding carboxylic acids is 2. The van der Waals surface area contributed by atoms with Gasteiger partial charge in [-0.3, -0.25) is 9.59 Å². The minimum absolute atomic E-state index is 0.0386. The van der Waals surface area contributed by atoms with Gasteiger partial charge in [0.25, 0.3) is 5.91 Å². The molecule has 186 valence electrons. The molecule has 1 fully saturated rings. The van der Waals surface area contributed by atoms with Gasteiger partial charge in [-0.1, -0.05) is 22.8 Å². The smallest absolute Gasteiger partial charge is 0.384 e. The molecule has 2 aromatic carbocycles. The molecule has 4 rings (SSSR count). The Balaban J connectivity index is 1.52. The molecule has 0 radical (unpaired) electrons. The summed E-state index contributed by atoms with van der Waals surface area (Å²) in [7, 11) is 0. The summed E-state index contributed by atoms with van der Waals surface area (Å²) >= 11 is 7.46. The Labute approximate surface area is 210 Å². The Bertz CT molecular complexity index is 1220. The molecule has 11 heteroatoms. The van der Waals surface area contributed by atoms with E-state index in [-0.39, 0.29) is 42.0 Å². The van der Waals surface area contributed by atoms with Crippen molar-refractivity contribution in [2.45, 2.75) is 32.0 Å². The zero-order chi connectivity index (χ0) is 25.5. The summed E-state index contributed by atoms with van der Waals surface area (Å²) in [5.74, 6) is 0.198. The molecule has 0 N–H and O–H groups in total. The molecule has 0 aromatic heterocycles. The van der Waals surface area contributed by atoms with Crippen molar-refractivity contribution in [2.24, 2.45) is 5.16 Å². The lowest BCUT2D eigenvalue weighted by atomic mass is 9.87. The standard InChI is InChI=1S/C24H23ClF3N3O3S/c1-14-6-15(4-5-19(14)22(33)30-11-21(32)31(12-30)13-35-3)20-10-23(2,34-29-20)16-7-17(24(26,27)28)9-18(25)8-16/h4-9H,10-13H2,1-3H3. The molecule has 0 saturated carbocycles. The van der Waals surface area contributed by atoms with E-state index in [2.05, 4.69) is 5.16 Å². The molecule has 6 nitrogen and oxygen atoms in total. The fourth-order valence-electron chi connectivity index (χ4n) is 4.16. The van der Waals surface area contributed by atoms with Gasteiger partial charge in [0, 0.05) is 22.6 Å². The minimum atomic E-state index is -4.54. The number of carbonyl (C=O) groups is 2. The number of hydrogen-bond donors (Lipinski definition) is 0. The molecule has 1 unspecified atom stereocenters. The fourth-order valence-corrected chi connectivity index (χ4v) is 4.94. The average Bonchev–Trinajstić information content (AvgIpc) is 3.36. The molecule has 2 aliphatic heterocycles. The first-order valence-corrected chi connectivity index (χ1v) is 12.5. The summed E-state index contributed by atoms with van der Waals surface area (Å²) in [6, 6.07) is 8.53. The number of alkyl halides is 3. The van der Waals surface area contributed by atoms with Gasteiger partial charge in [0.1, 0.15) is 6.54 Å². The van der Waals surface area contributed by atoms with Crippen molar-refractivity contribution in [3.05, 3.63) is 69.2 Å². The van der Waals surface area contributed by atoms with Crippen LogP contribution in [0.25, 0.3) is 0 Å². The molecule has 0 aliphatic carbocycles. The van der Waals surface area contributed by atoms with Crippen LogP contribution in [0.3, 0.4) is 0 Å². The molecule has 35 heavy (non-hydrogen) atoms. The van der Waals surface area contributed by atoms with Crippen molar-refractivity contribution in [1.29, 1.82) is 0 Å². The molecule has 2 aliphatic rings. The molecule has 2 heterocycles. The SMILES string of the molecule is CSCN1CN(C(=O)c2ccc(C3=NOC(C)(c4cc(Cl)cc(C(F)(F)F)c4)C3)cc2C)CC1=O. The zero-order valence-electron chi connectivity index (χ0n) is 19.3. The van der Waals surface area contributed by atoms with Crippen LogP contribution < -0.4 is 0 Å². The molecule has 1 atom stereocenters. The summed E-state index contributed by atoms with van der Waals surface area (Å²) in [5.41, 5.74) is 0.704. The molecule has 0 spiro atoms. The van der Waals surface area contributed by atoms with Crippen molar-refractivity contribution >= 4 is 40.9 Å². The first-order valence-electron chi connectivity index (χ1n) is 10.7. The maximum atomic E-state index is 13.3. The average molecular weight is 526 g/mol. The topological polar surface area (TPSA) is 62.2 Å². The Morgan fingerprint density at radius 3 is 2.66 bits per heavy atom. The number of oxime groups is 1. The van der Waals surface area contributed by atoms with Crippen LogP contribution >= 0.6 is 23.4 Å². The fraction of sp³-hybridized carbons (Fsp3) is 0.375. The predicted octanol–water partition coefficient (Wildman–Crippen LogP) is 5.27. The molecule has 2 aromatic rings. The Morgan fingerprint density at radius 1 is 1.26 bits per heavy atom. The van der Waals surface area contributed by atoms with Crippen LogP contribution in [-0.4, -0.2) is 52.7 Å². The van der Waals surface area contributed by atoms with Crippen LogP contribution in [0.1, 0.15) is 46.0 Å². The molecule has 0 bridgehead atoms. The van der Waals surface area contributed by atoms with Gasteiger partial charge in [0.05, 0.1) is 23.8 Å². The monoisotopic (exact) mass is 525 g/mol. The van der Waals surface area contributed by atoms with Crippen molar-refractivity contribution in [2.75, 3.05) is 25.3 Å². The number of thioether (sulfide) groups is 1. The van der Waals surface area contributed by atoms with Gasteiger partial charge in [-0.15, -0.1) is 11.8 Å². The van der Waals surface area contributed by atoms with E-state index in [1.807, 2.05) is 6.26 Å². The Hall–Kier alpha value is -2.72. The maximum Gasteiger partial charge on any atom is 0.416 e. The number of halogens is 4. The van der Waals surface area contributed by atoms with Gasteiger partial charge in [-0.2, -0.15) is 13.2 Å². The van der Waals surface area contributed by atoms with Gasteiger partial charge in [0.2, 0.25) is 5.91 Å². The highest BCUT2D eigenvalue weighted by molar-refractivity contribution is 7.98. The summed E-state index contributed by atoms with van der Waals surface area (Å²) < 4.78 is 39.8. The third kappa shape index (κ3) is 5.13. The second-order valence-corrected chi connectivity index (χ2v) is 10.1. The Kier molecular flexibility index (Phi) is 6.80. The van der Waals surface area contributed by atoms with Crippen LogP contribution in [0.4, 0.5) is 13.2 Å². The van der Waals surface area contributed by atoms with Crippen molar-refractivity contribution in [1.82, 2.24) is 9.80 Å². The zero-order valence-corrected chi connectivity index (χ0v) is 20.9. The largest absolute Gasteiger partial charge is 0.416 e. The Morgan fingerprint density at radius 2 is 2.00 bits per heavy atom. The van der Waals surface area contributed by atoms with Crippen LogP contribution in [-0.2, 0) is 21.4 Å². The quantitative estimate of drug-likeness (QED) is 0.533. The minimum Gasteiger partial charge on any atom is -0.384 e. The number of hydrogen-bond acceptors (Lipinski definition) is 5. The molecular weight excluding hydrogens is 503 g/mol. The van der Waals surface area contributed by atoms with E-state index in [0.29, 0.717) is 28.3 Å². The second kappa shape index (κ2) is 9.39. The van der Waals surface area contributed by atoms with Crippen molar-refractivity contribution in [3.8, 4) is 0 Å². The van der Waals surface area contributed by atoms with E-state index in [1.54, 1.807) is 36.9 Å². The van der Waals surface area contributed by atoms with E-state index in [4.69, 9.17) is 16.4 Å². The van der Waals surface area contributed by atoms with E-state index in [9.17, 15) is 22.8 Å². The number of amides is 2. The van der Waals surface area contributed by atoms with Gasteiger partial charge in [0.15, 0.2) is 5.60 Å². The van der Waals surface area contributed by atoms with Crippen molar-refractivity contribution < 1.29 is 27.6 Å². The highest BCUT2D eigenvalue weighted by atomic mass is 35.5. The van der Waals surface area contributed by atoms with Crippen LogP contribution in [0, 0.1) is 6.92 Å². The van der Waals surface area contributed by atoms with Gasteiger partial charge in [-0.05, 0) is 61.6 Å². The van der Waals surface area contributed by atoms with Crippen LogP contribution in [0.15, 0.2) is 41.6 Å². The lowest BCUT2D eigenvalue weighted by Crippen LogP contribution is -2.31. The summed E-state index contributed by atoms with van der Waals surface area (Å²) in [5, 5.41) is 4.10. The number of nitrogens with zero attached hydrogens (tertiary/aromatic N) is 3. The second-order valence-electron chi connectivity index (χ2n) is 8.79. The molecular formula is C24H23ClF3N3O3S. The van der Waals surface area contributed by atoms with Gasteiger partial charge >= 0.3 is 6.18 Å². The number of aryl methyl sites for hydroxylation is 1. The normalized spacial score (nSPS) is 20.3. The van der Waals surface area contributed by atoms with Crippen LogP contribution in [0.2, 0.25) is 5.02 Å². The lowest BCUT2D eigenvalue weighted by molar-refractivity contribution is -0.137. The highest BCUT2D eigenvalue weighted by Gasteiger charge is 2.40. The maximum absolute atomic E-state index is 13.3. The van der Waals surface area contributed by atoms with E-state index < -0.39 is 17.3 Å². The summed E-state index contributed by atoms with van der Waals surface area (Å²) in [6.07, 6.45) is -2.42. The first-order chi connectivity index (χ1) is 16.4. The molecule has 1 saturated heterocycles. The van der Waals surface area contributed by atoms with E-state index in [0.717, 1.165) is 12.1 Å². The third-order valence-electron chi connectivity index (χ3n) is 6.08. The van der Waals surface area contributed by atoms with Crippen LogP contribution in [0.5, 0.6) is 0 Å². The number of benzene rings is 2. The van der Waals surface area contributed by atoms with Gasteiger partial charge < -0.3 is 14.6 Å². The highest BCUT2D eigenvalue weighted by Crippen LogP contribution is 2.40. The van der Waals surface area contributed by atoms with E-state index in [1.165, 1.54) is 22.7 Å². The summed E-state index contributed by atoms with van der Waals surface area (Å²) in [6.45, 7) is 3.73. The third-order valence-corrected chi connectivity index (χ3v) is 6.87. The summed E-state index contributed by atoms with van der Waals surface area (Å²) in [4.78, 5) is 33.9. The first kappa shape index (κ1) is 25.4.